The lowest BCUT2D eigenvalue weighted by molar-refractivity contribution is 0.0575. The van der Waals surface area contributed by atoms with Crippen molar-refractivity contribution in [3.8, 4) is 0 Å². The Morgan fingerprint density at radius 2 is 1.82 bits per heavy atom. The molecule has 1 aliphatic carbocycles. The summed E-state index contributed by atoms with van der Waals surface area (Å²) in [5, 5.41) is 1.69. The Bertz CT molecular complexity index is 1250. The number of amides is 1. The van der Waals surface area contributed by atoms with Crippen molar-refractivity contribution >= 4 is 38.2 Å². The summed E-state index contributed by atoms with van der Waals surface area (Å²) in [6.45, 7) is 7.00. The lowest BCUT2D eigenvalue weighted by atomic mass is 10.1. The van der Waals surface area contributed by atoms with E-state index in [4.69, 9.17) is 0 Å². The molecule has 0 N–H and O–H groups in total. The van der Waals surface area contributed by atoms with Gasteiger partial charge in [-0.15, -0.1) is 17.9 Å². The van der Waals surface area contributed by atoms with E-state index in [2.05, 4.69) is 11.5 Å². The van der Waals surface area contributed by atoms with Crippen LogP contribution < -0.4 is 0 Å². The normalized spacial score (nSPS) is 19.2. The van der Waals surface area contributed by atoms with Crippen LogP contribution in [0.5, 0.6) is 0 Å². The fourth-order valence-electron chi connectivity index (χ4n) is 5.24. The predicted molar refractivity (Wildman–Crippen MR) is 133 cm³/mol. The Balaban J connectivity index is 1.41. The number of hydrogen-bond acceptors (Lipinski definition) is 5. The zero-order chi connectivity index (χ0) is 23.0. The van der Waals surface area contributed by atoms with Crippen LogP contribution in [0.25, 0.3) is 10.9 Å². The second-order valence-corrected chi connectivity index (χ2v) is 11.7. The SMILES string of the molecule is C=CC(c1cccs1)S(=O)(=O)n1ccc2c(C(=O)N3CCN(C4CCCC4)CC3)cccc21. The van der Waals surface area contributed by atoms with Gasteiger partial charge in [0.05, 0.1) is 5.52 Å². The maximum atomic E-state index is 13.5. The lowest BCUT2D eigenvalue weighted by Gasteiger charge is -2.38. The number of carbonyl (C=O) groups excluding carboxylic acids is 1. The van der Waals surface area contributed by atoms with Gasteiger partial charge >= 0.3 is 0 Å². The number of piperazine rings is 1. The summed E-state index contributed by atoms with van der Waals surface area (Å²) in [6.07, 6.45) is 8.18. The van der Waals surface area contributed by atoms with Crippen molar-refractivity contribution in [1.82, 2.24) is 13.8 Å². The van der Waals surface area contributed by atoms with Crippen molar-refractivity contribution in [2.75, 3.05) is 26.2 Å². The van der Waals surface area contributed by atoms with Crippen molar-refractivity contribution in [1.29, 1.82) is 0 Å². The molecule has 174 valence electrons. The van der Waals surface area contributed by atoms with Gasteiger partial charge in [-0.25, -0.2) is 12.4 Å². The minimum absolute atomic E-state index is 0.0275. The standard InChI is InChI=1S/C25H29N3O3S2/c1-2-24(23-11-6-18-32-23)33(30,31)28-13-12-20-21(9-5-10-22(20)28)25(29)27-16-14-26(15-17-27)19-7-3-4-8-19/h2,5-6,9-13,18-19,24H,1,3-4,7-8,14-17H2. The van der Waals surface area contributed by atoms with Crippen molar-refractivity contribution in [3.63, 3.8) is 0 Å². The molecule has 3 heterocycles. The number of fused-ring (bicyclic) bond motifs is 1. The summed E-state index contributed by atoms with van der Waals surface area (Å²) in [4.78, 5) is 18.6. The van der Waals surface area contributed by atoms with Gasteiger partial charge < -0.3 is 4.90 Å². The van der Waals surface area contributed by atoms with E-state index in [9.17, 15) is 13.2 Å². The summed E-state index contributed by atoms with van der Waals surface area (Å²) >= 11 is 1.39. The smallest absolute Gasteiger partial charge is 0.254 e. The third-order valence-electron chi connectivity index (χ3n) is 7.00. The second-order valence-electron chi connectivity index (χ2n) is 8.83. The summed E-state index contributed by atoms with van der Waals surface area (Å²) in [7, 11) is -3.76. The number of benzene rings is 1. The van der Waals surface area contributed by atoms with E-state index in [0.717, 1.165) is 18.0 Å². The highest BCUT2D eigenvalue weighted by molar-refractivity contribution is 7.90. The fourth-order valence-corrected chi connectivity index (χ4v) is 8.00. The average Bonchev–Trinajstić information content (AvgIpc) is 3.60. The molecular weight excluding hydrogens is 454 g/mol. The number of nitrogens with zero attached hydrogens (tertiary/aromatic N) is 3. The van der Waals surface area contributed by atoms with Crippen molar-refractivity contribution in [3.05, 3.63) is 71.1 Å². The maximum Gasteiger partial charge on any atom is 0.254 e. The summed E-state index contributed by atoms with van der Waals surface area (Å²) in [5.41, 5.74) is 1.08. The first-order valence-corrected chi connectivity index (χ1v) is 13.9. The third kappa shape index (κ3) is 4.05. The van der Waals surface area contributed by atoms with Crippen LogP contribution in [0, 0.1) is 0 Å². The molecule has 1 unspecified atom stereocenters. The Labute approximate surface area is 199 Å². The molecule has 0 bridgehead atoms. The summed E-state index contributed by atoms with van der Waals surface area (Å²) in [6, 6.07) is 11.4. The Morgan fingerprint density at radius 3 is 2.48 bits per heavy atom. The van der Waals surface area contributed by atoms with Gasteiger partial charge in [0.2, 0.25) is 0 Å². The highest BCUT2D eigenvalue weighted by atomic mass is 32.2. The molecule has 0 radical (unpaired) electrons. The fraction of sp³-hybridized carbons (Fsp3) is 0.400. The first-order valence-electron chi connectivity index (χ1n) is 11.5. The van der Waals surface area contributed by atoms with Crippen LogP contribution in [0.2, 0.25) is 0 Å². The maximum absolute atomic E-state index is 13.5. The van der Waals surface area contributed by atoms with Crippen LogP contribution in [0.1, 0.15) is 46.2 Å². The van der Waals surface area contributed by atoms with Gasteiger partial charge in [0.25, 0.3) is 15.9 Å². The van der Waals surface area contributed by atoms with Crippen LogP contribution in [-0.4, -0.2) is 60.3 Å². The average molecular weight is 484 g/mol. The zero-order valence-electron chi connectivity index (χ0n) is 18.6. The van der Waals surface area contributed by atoms with E-state index in [1.807, 2.05) is 16.3 Å². The molecule has 1 saturated heterocycles. The number of carbonyl (C=O) groups is 1. The third-order valence-corrected chi connectivity index (χ3v) is 10.1. The Hall–Kier alpha value is -2.42. The minimum Gasteiger partial charge on any atom is -0.336 e. The summed E-state index contributed by atoms with van der Waals surface area (Å²) in [5.74, 6) is -0.0275. The zero-order valence-corrected chi connectivity index (χ0v) is 20.2. The summed E-state index contributed by atoms with van der Waals surface area (Å²) < 4.78 is 28.3. The monoisotopic (exact) mass is 483 g/mol. The Morgan fingerprint density at radius 1 is 1.06 bits per heavy atom. The number of rotatable bonds is 6. The number of aromatic nitrogens is 1. The number of hydrogen-bond donors (Lipinski definition) is 0. The lowest BCUT2D eigenvalue weighted by Crippen LogP contribution is -2.51. The minimum atomic E-state index is -3.76. The first kappa shape index (κ1) is 22.4. The molecule has 2 aromatic heterocycles. The van der Waals surface area contributed by atoms with Crippen LogP contribution in [0.3, 0.4) is 0 Å². The van der Waals surface area contributed by atoms with Gasteiger partial charge in [0.1, 0.15) is 5.25 Å². The van der Waals surface area contributed by atoms with Gasteiger partial charge in [-0.3, -0.25) is 9.69 Å². The molecule has 2 fully saturated rings. The molecular formula is C25H29N3O3S2. The molecule has 6 nitrogen and oxygen atoms in total. The predicted octanol–water partition coefficient (Wildman–Crippen LogP) is 4.51. The molecule has 1 atom stereocenters. The molecule has 3 aromatic rings. The van der Waals surface area contributed by atoms with Crippen LogP contribution in [0.4, 0.5) is 0 Å². The molecule has 33 heavy (non-hydrogen) atoms. The molecule has 1 aliphatic heterocycles. The van der Waals surface area contributed by atoms with Crippen LogP contribution in [-0.2, 0) is 10.0 Å². The van der Waals surface area contributed by atoms with Gasteiger partial charge in [-0.2, -0.15) is 0 Å². The van der Waals surface area contributed by atoms with E-state index < -0.39 is 15.3 Å². The van der Waals surface area contributed by atoms with E-state index >= 15 is 0 Å². The largest absolute Gasteiger partial charge is 0.336 e. The van der Waals surface area contributed by atoms with E-state index in [1.165, 1.54) is 47.1 Å². The molecule has 2 aliphatic rings. The van der Waals surface area contributed by atoms with E-state index in [-0.39, 0.29) is 5.91 Å². The molecule has 8 heteroatoms. The molecule has 5 rings (SSSR count). The van der Waals surface area contributed by atoms with Gasteiger partial charge in [-0.05, 0) is 42.5 Å². The van der Waals surface area contributed by atoms with Crippen LogP contribution in [0.15, 0.2) is 60.6 Å². The topological polar surface area (TPSA) is 62.6 Å². The molecule has 1 amide bonds. The van der Waals surface area contributed by atoms with Crippen molar-refractivity contribution in [2.45, 2.75) is 37.0 Å². The van der Waals surface area contributed by atoms with Gasteiger partial charge in [0, 0.05) is 54.2 Å². The quantitative estimate of drug-likeness (QED) is 0.484. The van der Waals surface area contributed by atoms with E-state index in [0.29, 0.717) is 35.6 Å². The molecule has 1 aromatic carbocycles. The van der Waals surface area contributed by atoms with Crippen LogP contribution >= 0.6 is 11.3 Å². The highest BCUT2D eigenvalue weighted by Crippen LogP contribution is 2.33. The second kappa shape index (κ2) is 9.08. The van der Waals surface area contributed by atoms with Gasteiger partial charge in [0.15, 0.2) is 0 Å². The molecule has 0 spiro atoms. The first-order chi connectivity index (χ1) is 16.0. The Kier molecular flexibility index (Phi) is 6.16. The molecule has 1 saturated carbocycles. The highest BCUT2D eigenvalue weighted by Gasteiger charge is 2.31. The van der Waals surface area contributed by atoms with Crippen molar-refractivity contribution in [2.24, 2.45) is 0 Å². The van der Waals surface area contributed by atoms with E-state index in [1.54, 1.807) is 36.5 Å². The van der Waals surface area contributed by atoms with Crippen molar-refractivity contribution < 1.29 is 13.2 Å². The van der Waals surface area contributed by atoms with Gasteiger partial charge in [-0.1, -0.05) is 31.1 Å². The number of thiophene rings is 1.